The molecule has 0 spiro atoms. The normalized spacial score (nSPS) is 17.3. The molecule has 0 amide bonds. The van der Waals surface area contributed by atoms with Gasteiger partial charge in [0.25, 0.3) is 0 Å². The third-order valence-corrected chi connectivity index (χ3v) is 4.07. The maximum absolute atomic E-state index is 6.30. The van der Waals surface area contributed by atoms with Crippen LogP contribution in [-0.4, -0.2) is 17.0 Å². The Morgan fingerprint density at radius 2 is 2.11 bits per heavy atom. The van der Waals surface area contributed by atoms with Crippen LogP contribution in [0.2, 0.25) is 10.0 Å². The molecule has 0 saturated carbocycles. The summed E-state index contributed by atoms with van der Waals surface area (Å²) < 4.78 is 0. The van der Waals surface area contributed by atoms with Crippen molar-refractivity contribution in [2.24, 2.45) is 0 Å². The molecule has 0 radical (unpaired) electrons. The maximum atomic E-state index is 6.30. The summed E-state index contributed by atoms with van der Waals surface area (Å²) in [5.74, 6) is 0.818. The molecule has 5 heteroatoms. The average molecular weight is 294 g/mol. The second-order valence-electron chi connectivity index (χ2n) is 4.57. The van der Waals surface area contributed by atoms with Crippen molar-refractivity contribution in [2.45, 2.75) is 18.8 Å². The van der Waals surface area contributed by atoms with Gasteiger partial charge in [-0.05, 0) is 30.5 Å². The number of halogens is 2. The van der Waals surface area contributed by atoms with Crippen molar-refractivity contribution in [1.29, 1.82) is 0 Å². The largest absolute Gasteiger partial charge is 0.372 e. The van der Waals surface area contributed by atoms with E-state index in [-0.39, 0.29) is 5.92 Å². The minimum absolute atomic E-state index is 0.160. The van der Waals surface area contributed by atoms with Crippen LogP contribution in [0.4, 0.5) is 5.82 Å². The maximum Gasteiger partial charge on any atom is 0.144 e. The Balaban J connectivity index is 2.09. The third-order valence-electron chi connectivity index (χ3n) is 3.48. The van der Waals surface area contributed by atoms with Gasteiger partial charge in [0.2, 0.25) is 0 Å². The standard InChI is InChI=1S/C14H13Cl2N3/c1-17-14-11(16)7-10(15)13(19-14)9-5-4-8-3-2-6-18-12(8)9/h2-3,6-7,9H,4-5H2,1H3,(H,17,19). The van der Waals surface area contributed by atoms with E-state index < -0.39 is 0 Å². The number of hydrogen-bond acceptors (Lipinski definition) is 3. The monoisotopic (exact) mass is 293 g/mol. The van der Waals surface area contributed by atoms with Gasteiger partial charge in [-0.25, -0.2) is 4.98 Å². The number of pyridine rings is 2. The molecular formula is C14H13Cl2N3. The molecule has 0 fully saturated rings. The number of nitrogens with one attached hydrogen (secondary N) is 1. The van der Waals surface area contributed by atoms with E-state index in [1.807, 2.05) is 12.3 Å². The first kappa shape index (κ1) is 12.7. The first-order valence-corrected chi connectivity index (χ1v) is 6.93. The lowest BCUT2D eigenvalue weighted by Gasteiger charge is -2.14. The summed E-state index contributed by atoms with van der Waals surface area (Å²) >= 11 is 12.4. The number of fused-ring (bicyclic) bond motifs is 1. The van der Waals surface area contributed by atoms with E-state index in [0.29, 0.717) is 15.9 Å². The Labute approximate surface area is 122 Å². The number of hydrogen-bond donors (Lipinski definition) is 1. The van der Waals surface area contributed by atoms with Crippen LogP contribution in [0.1, 0.15) is 29.3 Å². The summed E-state index contributed by atoms with van der Waals surface area (Å²) in [7, 11) is 1.80. The van der Waals surface area contributed by atoms with Crippen molar-refractivity contribution in [3.05, 3.63) is 51.4 Å². The van der Waals surface area contributed by atoms with Gasteiger partial charge in [0, 0.05) is 19.2 Å². The number of nitrogens with zero attached hydrogens (tertiary/aromatic N) is 2. The molecule has 2 aromatic heterocycles. The van der Waals surface area contributed by atoms with E-state index in [4.69, 9.17) is 23.2 Å². The van der Waals surface area contributed by atoms with Gasteiger partial charge in [-0.2, -0.15) is 0 Å². The van der Waals surface area contributed by atoms with Crippen LogP contribution < -0.4 is 5.32 Å². The summed E-state index contributed by atoms with van der Waals surface area (Å²) in [5, 5.41) is 4.13. The highest BCUT2D eigenvalue weighted by Gasteiger charge is 2.28. The predicted octanol–water partition coefficient (Wildman–Crippen LogP) is 3.90. The molecule has 1 aliphatic rings. The summed E-state index contributed by atoms with van der Waals surface area (Å²) in [4.78, 5) is 9.04. The molecule has 1 aliphatic carbocycles. The highest BCUT2D eigenvalue weighted by Crippen LogP contribution is 2.40. The van der Waals surface area contributed by atoms with Crippen molar-refractivity contribution in [3.63, 3.8) is 0 Å². The van der Waals surface area contributed by atoms with Crippen molar-refractivity contribution in [2.75, 3.05) is 12.4 Å². The SMILES string of the molecule is CNc1nc(C2CCc3cccnc32)c(Cl)cc1Cl. The molecule has 0 aliphatic heterocycles. The molecule has 2 aromatic rings. The van der Waals surface area contributed by atoms with Gasteiger partial charge in [0.15, 0.2) is 0 Å². The highest BCUT2D eigenvalue weighted by molar-refractivity contribution is 6.36. The smallest absolute Gasteiger partial charge is 0.144 e. The Kier molecular flexibility index (Phi) is 3.33. The lowest BCUT2D eigenvalue weighted by molar-refractivity contribution is 0.747. The van der Waals surface area contributed by atoms with Crippen LogP contribution in [0.3, 0.4) is 0 Å². The number of anilines is 1. The Morgan fingerprint density at radius 3 is 2.89 bits per heavy atom. The van der Waals surface area contributed by atoms with Gasteiger partial charge in [-0.15, -0.1) is 0 Å². The van der Waals surface area contributed by atoms with Gasteiger partial charge in [-0.3, -0.25) is 4.98 Å². The summed E-state index contributed by atoms with van der Waals surface area (Å²) in [6, 6.07) is 5.83. The molecule has 98 valence electrons. The van der Waals surface area contributed by atoms with Gasteiger partial charge in [-0.1, -0.05) is 29.3 Å². The molecule has 1 N–H and O–H groups in total. The second kappa shape index (κ2) is 4.99. The first-order valence-electron chi connectivity index (χ1n) is 6.18. The molecule has 2 heterocycles. The van der Waals surface area contributed by atoms with Crippen LogP contribution in [0.15, 0.2) is 24.4 Å². The van der Waals surface area contributed by atoms with E-state index in [0.717, 1.165) is 24.2 Å². The minimum Gasteiger partial charge on any atom is -0.372 e. The number of aryl methyl sites for hydroxylation is 1. The van der Waals surface area contributed by atoms with Crippen molar-refractivity contribution < 1.29 is 0 Å². The zero-order valence-corrected chi connectivity index (χ0v) is 12.0. The van der Waals surface area contributed by atoms with E-state index in [1.165, 1.54) is 5.56 Å². The van der Waals surface area contributed by atoms with E-state index in [2.05, 4.69) is 21.4 Å². The summed E-state index contributed by atoms with van der Waals surface area (Å²) in [6.07, 6.45) is 3.83. The van der Waals surface area contributed by atoms with Crippen LogP contribution in [-0.2, 0) is 6.42 Å². The van der Waals surface area contributed by atoms with Crippen molar-refractivity contribution >= 4 is 29.0 Å². The van der Waals surface area contributed by atoms with E-state index >= 15 is 0 Å². The molecule has 0 aromatic carbocycles. The fraction of sp³-hybridized carbons (Fsp3) is 0.286. The van der Waals surface area contributed by atoms with Crippen molar-refractivity contribution in [3.8, 4) is 0 Å². The lowest BCUT2D eigenvalue weighted by Crippen LogP contribution is -2.05. The van der Waals surface area contributed by atoms with Crippen LogP contribution in [0.25, 0.3) is 0 Å². The fourth-order valence-corrected chi connectivity index (χ4v) is 3.16. The van der Waals surface area contributed by atoms with Crippen LogP contribution in [0.5, 0.6) is 0 Å². The fourth-order valence-electron chi connectivity index (χ4n) is 2.58. The second-order valence-corrected chi connectivity index (χ2v) is 5.39. The quantitative estimate of drug-likeness (QED) is 0.912. The molecule has 1 unspecified atom stereocenters. The number of aromatic nitrogens is 2. The Hall–Kier alpha value is -1.32. The number of rotatable bonds is 2. The molecule has 0 saturated heterocycles. The average Bonchev–Trinajstić information content (AvgIpc) is 2.83. The Bertz CT molecular complexity index is 628. The van der Waals surface area contributed by atoms with Crippen LogP contribution >= 0.6 is 23.2 Å². The van der Waals surface area contributed by atoms with Gasteiger partial charge in [0.05, 0.1) is 21.4 Å². The van der Waals surface area contributed by atoms with Gasteiger partial charge in [0.1, 0.15) is 5.82 Å². The molecular weight excluding hydrogens is 281 g/mol. The lowest BCUT2D eigenvalue weighted by atomic mass is 10.0. The topological polar surface area (TPSA) is 37.8 Å². The van der Waals surface area contributed by atoms with Crippen molar-refractivity contribution in [1.82, 2.24) is 9.97 Å². The van der Waals surface area contributed by atoms with E-state index in [9.17, 15) is 0 Å². The van der Waals surface area contributed by atoms with Gasteiger partial charge >= 0.3 is 0 Å². The van der Waals surface area contributed by atoms with Gasteiger partial charge < -0.3 is 5.32 Å². The summed E-state index contributed by atoms with van der Waals surface area (Å²) in [6.45, 7) is 0. The summed E-state index contributed by atoms with van der Waals surface area (Å²) in [5.41, 5.74) is 3.22. The van der Waals surface area contributed by atoms with E-state index in [1.54, 1.807) is 13.1 Å². The van der Waals surface area contributed by atoms with Crippen LogP contribution in [0, 0.1) is 0 Å². The highest BCUT2D eigenvalue weighted by atomic mass is 35.5. The molecule has 19 heavy (non-hydrogen) atoms. The molecule has 0 bridgehead atoms. The minimum atomic E-state index is 0.160. The Morgan fingerprint density at radius 1 is 1.26 bits per heavy atom. The zero-order chi connectivity index (χ0) is 13.4. The molecule has 3 rings (SSSR count). The molecule has 1 atom stereocenters. The molecule has 3 nitrogen and oxygen atoms in total. The third kappa shape index (κ3) is 2.17. The zero-order valence-electron chi connectivity index (χ0n) is 10.5. The first-order chi connectivity index (χ1) is 9.20. The predicted molar refractivity (Wildman–Crippen MR) is 78.2 cm³/mol.